The Kier molecular flexibility index (Phi) is 4.57. The van der Waals surface area contributed by atoms with Crippen molar-refractivity contribution >= 4 is 39.6 Å². The third kappa shape index (κ3) is 3.84. The molecule has 0 unspecified atom stereocenters. The molecular formula is C13H14BrN5OS. The molecule has 3 rings (SSSR count). The van der Waals surface area contributed by atoms with Crippen molar-refractivity contribution in [3.05, 3.63) is 28.7 Å². The number of nitrogens with two attached hydrogens (primary N) is 1. The van der Waals surface area contributed by atoms with Gasteiger partial charge in [-0.05, 0) is 36.0 Å². The molecule has 1 fully saturated rings. The zero-order valence-electron chi connectivity index (χ0n) is 11.2. The van der Waals surface area contributed by atoms with Crippen LogP contribution in [0.2, 0.25) is 0 Å². The van der Waals surface area contributed by atoms with Crippen molar-refractivity contribution < 1.29 is 4.74 Å². The van der Waals surface area contributed by atoms with Gasteiger partial charge in [-0.2, -0.15) is 15.0 Å². The average Bonchev–Trinajstić information content (AvgIpc) is 2.50. The van der Waals surface area contributed by atoms with E-state index in [4.69, 9.17) is 10.5 Å². The van der Waals surface area contributed by atoms with Gasteiger partial charge in [0.05, 0.1) is 13.2 Å². The van der Waals surface area contributed by atoms with Crippen molar-refractivity contribution in [1.82, 2.24) is 15.0 Å². The minimum absolute atomic E-state index is 0.242. The lowest BCUT2D eigenvalue weighted by Crippen LogP contribution is -2.37. The Morgan fingerprint density at radius 3 is 2.52 bits per heavy atom. The lowest BCUT2D eigenvalue weighted by molar-refractivity contribution is 0.122. The van der Waals surface area contributed by atoms with E-state index in [1.165, 1.54) is 11.8 Å². The van der Waals surface area contributed by atoms with Crippen LogP contribution < -0.4 is 10.6 Å². The number of nitrogens with zero attached hydrogens (tertiary/aromatic N) is 4. The highest BCUT2D eigenvalue weighted by molar-refractivity contribution is 9.10. The van der Waals surface area contributed by atoms with Crippen molar-refractivity contribution in [2.24, 2.45) is 0 Å². The monoisotopic (exact) mass is 367 g/mol. The van der Waals surface area contributed by atoms with Gasteiger partial charge >= 0.3 is 0 Å². The quantitative estimate of drug-likeness (QED) is 0.890. The summed E-state index contributed by atoms with van der Waals surface area (Å²) in [4.78, 5) is 16.0. The molecule has 0 bridgehead atoms. The summed E-state index contributed by atoms with van der Waals surface area (Å²) in [6.45, 7) is 2.90. The summed E-state index contributed by atoms with van der Waals surface area (Å²) in [5.41, 5.74) is 5.80. The van der Waals surface area contributed by atoms with Gasteiger partial charge in [-0.3, -0.25) is 0 Å². The molecule has 110 valence electrons. The number of hydrogen-bond donors (Lipinski definition) is 1. The SMILES string of the molecule is Nc1nc(Sc2ccc(Br)cc2)nc(N2CCOCC2)n1. The van der Waals surface area contributed by atoms with Crippen LogP contribution in [-0.2, 0) is 4.74 Å². The van der Waals surface area contributed by atoms with Crippen LogP contribution in [0.15, 0.2) is 38.8 Å². The maximum atomic E-state index is 5.80. The van der Waals surface area contributed by atoms with Gasteiger partial charge in [0.15, 0.2) is 5.16 Å². The fourth-order valence-electron chi connectivity index (χ4n) is 1.92. The van der Waals surface area contributed by atoms with E-state index in [0.717, 1.165) is 22.5 Å². The van der Waals surface area contributed by atoms with Gasteiger partial charge in [-0.25, -0.2) is 0 Å². The first-order valence-electron chi connectivity index (χ1n) is 6.48. The Bertz CT molecular complexity index is 618. The van der Waals surface area contributed by atoms with E-state index in [1.807, 2.05) is 24.3 Å². The number of anilines is 2. The van der Waals surface area contributed by atoms with Crippen molar-refractivity contribution in [2.45, 2.75) is 10.1 Å². The van der Waals surface area contributed by atoms with Gasteiger partial charge in [-0.1, -0.05) is 15.9 Å². The Balaban J connectivity index is 1.81. The second-order valence-electron chi connectivity index (χ2n) is 4.43. The lowest BCUT2D eigenvalue weighted by Gasteiger charge is -2.26. The second kappa shape index (κ2) is 6.59. The Morgan fingerprint density at radius 1 is 1.10 bits per heavy atom. The summed E-state index contributed by atoms with van der Waals surface area (Å²) in [5.74, 6) is 0.858. The van der Waals surface area contributed by atoms with E-state index in [1.54, 1.807) is 0 Å². The first-order valence-corrected chi connectivity index (χ1v) is 8.09. The highest BCUT2D eigenvalue weighted by atomic mass is 79.9. The van der Waals surface area contributed by atoms with E-state index in [2.05, 4.69) is 35.8 Å². The van der Waals surface area contributed by atoms with Gasteiger partial charge in [-0.15, -0.1) is 0 Å². The number of morpholine rings is 1. The number of halogens is 1. The van der Waals surface area contributed by atoms with Crippen molar-refractivity contribution in [1.29, 1.82) is 0 Å². The van der Waals surface area contributed by atoms with Crippen molar-refractivity contribution in [3.8, 4) is 0 Å². The molecule has 0 spiro atoms. The van der Waals surface area contributed by atoms with Crippen LogP contribution in [0.25, 0.3) is 0 Å². The molecule has 2 N–H and O–H groups in total. The molecule has 1 aromatic carbocycles. The second-order valence-corrected chi connectivity index (χ2v) is 6.39. The van der Waals surface area contributed by atoms with Crippen molar-refractivity contribution in [3.63, 3.8) is 0 Å². The Morgan fingerprint density at radius 2 is 1.81 bits per heavy atom. The molecule has 2 heterocycles. The first-order chi connectivity index (χ1) is 10.2. The smallest absolute Gasteiger partial charge is 0.231 e. The molecule has 0 atom stereocenters. The molecule has 6 nitrogen and oxygen atoms in total. The standard InChI is InChI=1S/C13H14BrN5OS/c14-9-1-3-10(4-2-9)21-13-17-11(15)16-12(18-13)19-5-7-20-8-6-19/h1-4H,5-8H2,(H2,15,16,17,18). The van der Waals surface area contributed by atoms with E-state index in [0.29, 0.717) is 24.3 Å². The highest BCUT2D eigenvalue weighted by Gasteiger charge is 2.16. The topological polar surface area (TPSA) is 77.2 Å². The minimum Gasteiger partial charge on any atom is -0.378 e. The highest BCUT2D eigenvalue weighted by Crippen LogP contribution is 2.27. The molecule has 0 aliphatic carbocycles. The third-order valence-electron chi connectivity index (χ3n) is 2.94. The Labute approximate surface area is 135 Å². The van der Waals surface area contributed by atoms with Crippen LogP contribution in [0.5, 0.6) is 0 Å². The molecule has 1 aliphatic heterocycles. The predicted octanol–water partition coefficient (Wildman–Crippen LogP) is 2.20. The van der Waals surface area contributed by atoms with Gasteiger partial charge in [0, 0.05) is 22.5 Å². The molecule has 0 radical (unpaired) electrons. The number of benzene rings is 1. The summed E-state index contributed by atoms with van der Waals surface area (Å²) >= 11 is 4.88. The fraction of sp³-hybridized carbons (Fsp3) is 0.308. The van der Waals surface area contributed by atoms with E-state index >= 15 is 0 Å². The fourth-order valence-corrected chi connectivity index (χ4v) is 2.93. The summed E-state index contributed by atoms with van der Waals surface area (Å²) in [7, 11) is 0. The molecule has 8 heteroatoms. The van der Waals surface area contributed by atoms with E-state index in [-0.39, 0.29) is 5.95 Å². The molecular weight excluding hydrogens is 354 g/mol. The number of rotatable bonds is 3. The normalized spacial score (nSPS) is 15.2. The Hall–Kier alpha value is -1.38. The maximum Gasteiger partial charge on any atom is 0.231 e. The summed E-state index contributed by atoms with van der Waals surface area (Å²) in [6, 6.07) is 7.97. The van der Waals surface area contributed by atoms with Crippen molar-refractivity contribution in [2.75, 3.05) is 36.9 Å². The summed E-state index contributed by atoms with van der Waals surface area (Å²) < 4.78 is 6.37. The maximum absolute atomic E-state index is 5.80. The van der Waals surface area contributed by atoms with Crippen LogP contribution in [0.3, 0.4) is 0 Å². The van der Waals surface area contributed by atoms with Crippen LogP contribution in [0.1, 0.15) is 0 Å². The van der Waals surface area contributed by atoms with E-state index in [9.17, 15) is 0 Å². The third-order valence-corrected chi connectivity index (χ3v) is 4.34. The first kappa shape index (κ1) is 14.6. The number of ether oxygens (including phenoxy) is 1. The molecule has 0 saturated carbocycles. The number of aromatic nitrogens is 3. The summed E-state index contributed by atoms with van der Waals surface area (Å²) in [5, 5.41) is 0.603. The van der Waals surface area contributed by atoms with Gasteiger partial charge in [0.1, 0.15) is 0 Å². The molecule has 21 heavy (non-hydrogen) atoms. The van der Waals surface area contributed by atoms with Crippen LogP contribution >= 0.6 is 27.7 Å². The van der Waals surface area contributed by atoms with Crippen LogP contribution in [0.4, 0.5) is 11.9 Å². The van der Waals surface area contributed by atoms with Gasteiger partial charge < -0.3 is 15.4 Å². The largest absolute Gasteiger partial charge is 0.378 e. The van der Waals surface area contributed by atoms with Crippen LogP contribution in [-0.4, -0.2) is 41.3 Å². The molecule has 1 aromatic heterocycles. The zero-order valence-corrected chi connectivity index (χ0v) is 13.6. The number of nitrogen functional groups attached to an aromatic ring is 1. The van der Waals surface area contributed by atoms with Crippen LogP contribution in [0, 0.1) is 0 Å². The molecule has 0 amide bonds. The lowest BCUT2D eigenvalue weighted by atomic mass is 10.4. The van der Waals surface area contributed by atoms with Gasteiger partial charge in [0.2, 0.25) is 11.9 Å². The average molecular weight is 368 g/mol. The molecule has 2 aromatic rings. The minimum atomic E-state index is 0.242. The summed E-state index contributed by atoms with van der Waals surface area (Å²) in [6.07, 6.45) is 0. The molecule has 1 saturated heterocycles. The number of hydrogen-bond acceptors (Lipinski definition) is 7. The zero-order chi connectivity index (χ0) is 14.7. The molecule has 1 aliphatic rings. The van der Waals surface area contributed by atoms with Gasteiger partial charge in [0.25, 0.3) is 0 Å². The van der Waals surface area contributed by atoms with E-state index < -0.39 is 0 Å². The predicted molar refractivity (Wildman–Crippen MR) is 85.5 cm³/mol.